The first-order valence-electron chi connectivity index (χ1n) is 7.10. The van der Waals surface area contributed by atoms with E-state index in [0.717, 1.165) is 12.1 Å². The summed E-state index contributed by atoms with van der Waals surface area (Å²) >= 11 is 17.2. The average Bonchev–Trinajstić information content (AvgIpc) is 2.93. The molecule has 0 atom stereocenters. The number of benzene rings is 2. The van der Waals surface area contributed by atoms with Crippen molar-refractivity contribution in [2.24, 2.45) is 5.10 Å². The summed E-state index contributed by atoms with van der Waals surface area (Å²) in [5.74, 6) is 0.347. The van der Waals surface area contributed by atoms with Crippen molar-refractivity contribution in [1.82, 2.24) is 14.9 Å². The topological polar surface area (TPSA) is 46.0 Å². The van der Waals surface area contributed by atoms with Crippen LogP contribution in [0, 0.1) is 4.77 Å². The first-order chi connectivity index (χ1) is 12.3. The fourth-order valence-corrected chi connectivity index (χ4v) is 2.80. The molecule has 0 aliphatic rings. The van der Waals surface area contributed by atoms with Crippen LogP contribution in [0.25, 0.3) is 11.4 Å². The lowest BCUT2D eigenvalue weighted by Crippen LogP contribution is -2.04. The highest BCUT2D eigenvalue weighted by Gasteiger charge is 2.29. The van der Waals surface area contributed by atoms with E-state index in [9.17, 15) is 13.2 Å². The summed E-state index contributed by atoms with van der Waals surface area (Å²) in [6.07, 6.45) is -3.01. The minimum atomic E-state index is -4.39. The highest BCUT2D eigenvalue weighted by molar-refractivity contribution is 7.71. The van der Waals surface area contributed by atoms with E-state index >= 15 is 0 Å². The van der Waals surface area contributed by atoms with Crippen LogP contribution in [-0.2, 0) is 6.18 Å². The Kier molecular flexibility index (Phi) is 5.17. The van der Waals surface area contributed by atoms with Crippen LogP contribution in [0.3, 0.4) is 0 Å². The lowest BCUT2D eigenvalue weighted by molar-refractivity contribution is -0.137. The maximum absolute atomic E-state index is 12.6. The van der Waals surface area contributed by atoms with E-state index in [0.29, 0.717) is 27.0 Å². The Morgan fingerprint density at radius 2 is 1.81 bits per heavy atom. The molecule has 3 rings (SSSR count). The molecule has 0 radical (unpaired) electrons. The van der Waals surface area contributed by atoms with Crippen LogP contribution in [0.2, 0.25) is 10.0 Å². The molecule has 3 aromatic rings. The zero-order chi connectivity index (χ0) is 18.9. The molecule has 1 aromatic heterocycles. The number of aromatic nitrogens is 3. The largest absolute Gasteiger partial charge is 0.416 e. The molecule has 0 amide bonds. The second-order valence-corrected chi connectivity index (χ2v) is 6.38. The summed E-state index contributed by atoms with van der Waals surface area (Å²) in [5, 5.41) is 11.7. The van der Waals surface area contributed by atoms with Crippen LogP contribution < -0.4 is 0 Å². The molecule has 0 unspecified atom stereocenters. The number of nitrogens with one attached hydrogen (secondary N) is 1. The monoisotopic (exact) mass is 416 g/mol. The van der Waals surface area contributed by atoms with Gasteiger partial charge in [-0.05, 0) is 48.1 Å². The van der Waals surface area contributed by atoms with Gasteiger partial charge in [-0.25, -0.2) is 5.10 Å². The number of halogens is 5. The first kappa shape index (κ1) is 18.6. The van der Waals surface area contributed by atoms with Crippen LogP contribution in [0.5, 0.6) is 0 Å². The van der Waals surface area contributed by atoms with Gasteiger partial charge in [0.15, 0.2) is 5.82 Å². The van der Waals surface area contributed by atoms with Gasteiger partial charge in [-0.15, -0.1) is 0 Å². The number of hydrogen-bond acceptors (Lipinski definition) is 3. The molecule has 26 heavy (non-hydrogen) atoms. The molecule has 10 heteroatoms. The Morgan fingerprint density at radius 1 is 1.12 bits per heavy atom. The zero-order valence-corrected chi connectivity index (χ0v) is 15.1. The Hall–Kier alpha value is -2.16. The number of hydrogen-bond donors (Lipinski definition) is 1. The van der Waals surface area contributed by atoms with Gasteiger partial charge in [0.1, 0.15) is 0 Å². The van der Waals surface area contributed by atoms with Crippen molar-refractivity contribution in [1.29, 1.82) is 0 Å². The Morgan fingerprint density at radius 3 is 2.42 bits per heavy atom. The Bertz CT molecular complexity index is 1020. The molecular weight excluding hydrogens is 408 g/mol. The third kappa shape index (κ3) is 3.98. The van der Waals surface area contributed by atoms with E-state index < -0.39 is 11.7 Å². The molecule has 1 heterocycles. The molecular formula is C16H9Cl2F3N4S. The van der Waals surface area contributed by atoms with Crippen LogP contribution >= 0.6 is 35.4 Å². The van der Waals surface area contributed by atoms with E-state index in [-0.39, 0.29) is 4.77 Å². The van der Waals surface area contributed by atoms with Crippen molar-refractivity contribution < 1.29 is 13.2 Å². The van der Waals surface area contributed by atoms with Crippen molar-refractivity contribution in [3.05, 3.63) is 68.4 Å². The predicted molar refractivity (Wildman–Crippen MR) is 97.3 cm³/mol. The van der Waals surface area contributed by atoms with E-state index in [1.165, 1.54) is 23.0 Å². The third-order valence-corrected chi connectivity index (χ3v) is 4.19. The molecule has 0 fully saturated rings. The summed E-state index contributed by atoms with van der Waals surface area (Å²) in [4.78, 5) is 0. The molecule has 4 nitrogen and oxygen atoms in total. The second kappa shape index (κ2) is 7.22. The van der Waals surface area contributed by atoms with Crippen LogP contribution in [0.15, 0.2) is 47.6 Å². The predicted octanol–water partition coefficient (Wildman–Crippen LogP) is 5.82. The highest BCUT2D eigenvalue weighted by atomic mass is 35.5. The normalized spacial score (nSPS) is 12.0. The summed E-state index contributed by atoms with van der Waals surface area (Å²) in [6.45, 7) is 0. The standard InChI is InChI=1S/C16H9Cl2F3N4S/c17-11-5-6-12(13(18)7-11)14-23-24-15(26)25(14)22-8-9-1-3-10(4-2-9)16(19,20)21/h1-8H,(H,24,26). The number of nitrogens with zero attached hydrogens (tertiary/aromatic N) is 3. The maximum atomic E-state index is 12.6. The lowest BCUT2D eigenvalue weighted by atomic mass is 10.1. The van der Waals surface area contributed by atoms with E-state index in [1.807, 2.05) is 0 Å². The van der Waals surface area contributed by atoms with Gasteiger partial charge in [-0.1, -0.05) is 35.3 Å². The van der Waals surface area contributed by atoms with E-state index in [4.69, 9.17) is 35.4 Å². The molecule has 2 aromatic carbocycles. The molecule has 0 aliphatic carbocycles. The van der Waals surface area contributed by atoms with Gasteiger partial charge in [-0.2, -0.15) is 28.0 Å². The fraction of sp³-hybridized carbons (Fsp3) is 0.0625. The Balaban J connectivity index is 1.95. The van der Waals surface area contributed by atoms with Gasteiger partial charge < -0.3 is 0 Å². The number of rotatable bonds is 3. The van der Waals surface area contributed by atoms with Crippen molar-refractivity contribution in [2.75, 3.05) is 0 Å². The van der Waals surface area contributed by atoms with Crippen molar-refractivity contribution >= 4 is 41.6 Å². The Labute approximate surface area is 160 Å². The van der Waals surface area contributed by atoms with Gasteiger partial charge in [0.25, 0.3) is 0 Å². The molecule has 0 bridgehead atoms. The zero-order valence-electron chi connectivity index (χ0n) is 12.8. The summed E-state index contributed by atoms with van der Waals surface area (Å²) in [7, 11) is 0. The van der Waals surface area contributed by atoms with Gasteiger partial charge >= 0.3 is 6.18 Å². The average molecular weight is 417 g/mol. The highest BCUT2D eigenvalue weighted by Crippen LogP contribution is 2.30. The molecule has 0 saturated carbocycles. The SMILES string of the molecule is FC(F)(F)c1ccc(C=Nn2c(-c3ccc(Cl)cc3Cl)n[nH]c2=S)cc1. The van der Waals surface area contributed by atoms with Gasteiger partial charge in [0.05, 0.1) is 16.8 Å². The van der Waals surface area contributed by atoms with Crippen LogP contribution in [0.1, 0.15) is 11.1 Å². The van der Waals surface area contributed by atoms with E-state index in [2.05, 4.69) is 15.3 Å². The minimum absolute atomic E-state index is 0.203. The maximum Gasteiger partial charge on any atom is 0.416 e. The summed E-state index contributed by atoms with van der Waals surface area (Å²) < 4.78 is 39.3. The van der Waals surface area contributed by atoms with Gasteiger partial charge in [-0.3, -0.25) is 0 Å². The van der Waals surface area contributed by atoms with Gasteiger partial charge in [0, 0.05) is 10.6 Å². The lowest BCUT2D eigenvalue weighted by Gasteiger charge is -2.06. The van der Waals surface area contributed by atoms with Crippen molar-refractivity contribution in [3.63, 3.8) is 0 Å². The van der Waals surface area contributed by atoms with Crippen molar-refractivity contribution in [2.45, 2.75) is 6.18 Å². The second-order valence-electron chi connectivity index (χ2n) is 5.15. The molecule has 0 saturated heterocycles. The number of aromatic amines is 1. The molecule has 0 aliphatic heterocycles. The first-order valence-corrected chi connectivity index (χ1v) is 8.26. The molecule has 1 N–H and O–H groups in total. The number of H-pyrrole nitrogens is 1. The quantitative estimate of drug-likeness (QED) is 0.432. The van der Waals surface area contributed by atoms with E-state index in [1.54, 1.807) is 18.2 Å². The number of alkyl halides is 3. The van der Waals surface area contributed by atoms with Gasteiger partial charge in [0.2, 0.25) is 4.77 Å². The van der Waals surface area contributed by atoms with Crippen LogP contribution in [-0.4, -0.2) is 21.1 Å². The smallest absolute Gasteiger partial charge is 0.250 e. The minimum Gasteiger partial charge on any atom is -0.250 e. The summed E-state index contributed by atoms with van der Waals surface area (Å²) in [6, 6.07) is 9.44. The van der Waals surface area contributed by atoms with Crippen LogP contribution in [0.4, 0.5) is 13.2 Å². The third-order valence-electron chi connectivity index (χ3n) is 3.38. The fourth-order valence-electron chi connectivity index (χ4n) is 2.13. The van der Waals surface area contributed by atoms with Crippen molar-refractivity contribution in [3.8, 4) is 11.4 Å². The summed E-state index contributed by atoms with van der Waals surface area (Å²) in [5.41, 5.74) is 0.283. The molecule has 134 valence electrons. The molecule has 0 spiro atoms.